The van der Waals surface area contributed by atoms with Gasteiger partial charge in [0.15, 0.2) is 22.7 Å². The van der Waals surface area contributed by atoms with Gasteiger partial charge in [-0.15, -0.1) is 0 Å². The second-order valence-electron chi connectivity index (χ2n) is 12.3. The van der Waals surface area contributed by atoms with Crippen molar-refractivity contribution in [1.29, 1.82) is 0 Å². The van der Waals surface area contributed by atoms with E-state index in [0.29, 0.717) is 28.5 Å². The van der Waals surface area contributed by atoms with Crippen LogP contribution in [0.4, 0.5) is 11.4 Å². The van der Waals surface area contributed by atoms with E-state index < -0.39 is 11.8 Å². The number of hydrogen-bond donors (Lipinski definition) is 2. The first-order chi connectivity index (χ1) is 24.9. The van der Waals surface area contributed by atoms with E-state index in [4.69, 9.17) is 13.9 Å². The van der Waals surface area contributed by atoms with Gasteiger partial charge in [-0.1, -0.05) is 36.4 Å². The average molecular weight is 685 g/mol. The number of carbonyl (C=O) groups excluding carboxylic acids is 2. The first-order valence-corrected chi connectivity index (χ1v) is 16.6. The Morgan fingerprint density at radius 3 is 2.37 bits per heavy atom. The van der Waals surface area contributed by atoms with Crippen LogP contribution in [0.5, 0.6) is 11.5 Å². The van der Waals surface area contributed by atoms with E-state index in [2.05, 4.69) is 49.9 Å². The molecule has 0 radical (unpaired) electrons. The molecule has 3 heterocycles. The number of likely N-dealkylation sites (tertiary alicyclic amines) is 1. The zero-order valence-electron chi connectivity index (χ0n) is 28.2. The van der Waals surface area contributed by atoms with E-state index in [1.54, 1.807) is 35.3 Å². The standard InChI is InChI=1S/C39H36N6O6/c1-49-35-19-31(32(20-36(35)50-2)43-39(48)37-21-33(46)30-8-3-4-9-34(30)51-37)38(47)42-28-12-10-26(11-13-28)27-14-16-44(17-15-27)22-25-6-5-7-29(18-25)45-24-40-23-41-45/h3-13,18-21,23-24,27H,14-17,22H2,1-2H3,(H,42,47)(H,43,48). The minimum atomic E-state index is -0.699. The molecular formula is C39H36N6O6. The maximum atomic E-state index is 13.7. The van der Waals surface area contributed by atoms with Gasteiger partial charge in [0.25, 0.3) is 11.8 Å². The molecule has 0 spiro atoms. The quantitative estimate of drug-likeness (QED) is 0.171. The van der Waals surface area contributed by atoms with Gasteiger partial charge in [0.1, 0.15) is 18.2 Å². The lowest BCUT2D eigenvalue weighted by Crippen LogP contribution is -2.32. The Bertz CT molecular complexity index is 2240. The number of carbonyl (C=O) groups is 2. The van der Waals surface area contributed by atoms with Gasteiger partial charge in [-0.2, -0.15) is 5.10 Å². The number of methoxy groups -OCH3 is 2. The number of nitrogens with zero attached hydrogens (tertiary/aromatic N) is 4. The van der Waals surface area contributed by atoms with Gasteiger partial charge < -0.3 is 24.5 Å². The summed E-state index contributed by atoms with van der Waals surface area (Å²) in [4.78, 5) is 46.1. The fourth-order valence-corrected chi connectivity index (χ4v) is 6.43. The summed E-state index contributed by atoms with van der Waals surface area (Å²) < 4.78 is 18.3. The maximum absolute atomic E-state index is 13.7. The molecule has 1 fully saturated rings. The highest BCUT2D eigenvalue weighted by Gasteiger charge is 2.23. The molecule has 2 aromatic heterocycles. The van der Waals surface area contributed by atoms with Crippen molar-refractivity contribution in [2.75, 3.05) is 37.9 Å². The van der Waals surface area contributed by atoms with E-state index in [0.717, 1.165) is 44.2 Å². The fourth-order valence-electron chi connectivity index (χ4n) is 6.43. The van der Waals surface area contributed by atoms with Crippen LogP contribution in [0.15, 0.2) is 113 Å². The lowest BCUT2D eigenvalue weighted by Gasteiger charge is -2.32. The van der Waals surface area contributed by atoms with Crippen molar-refractivity contribution in [3.05, 3.63) is 136 Å². The number of anilines is 2. The van der Waals surface area contributed by atoms with Crippen molar-refractivity contribution >= 4 is 34.2 Å². The molecule has 1 aliphatic rings. The van der Waals surface area contributed by atoms with Crippen molar-refractivity contribution in [3.63, 3.8) is 0 Å². The van der Waals surface area contributed by atoms with Gasteiger partial charge in [-0.3, -0.25) is 19.3 Å². The molecule has 7 rings (SSSR count). The number of nitrogens with one attached hydrogen (secondary N) is 2. The van der Waals surface area contributed by atoms with Gasteiger partial charge >= 0.3 is 0 Å². The Labute approximate surface area is 293 Å². The largest absolute Gasteiger partial charge is 0.493 e. The summed E-state index contributed by atoms with van der Waals surface area (Å²) in [6, 6.07) is 27.0. The third kappa shape index (κ3) is 7.36. The molecule has 6 aromatic rings. The monoisotopic (exact) mass is 684 g/mol. The third-order valence-corrected chi connectivity index (χ3v) is 9.10. The highest BCUT2D eigenvalue weighted by molar-refractivity contribution is 6.12. The Morgan fingerprint density at radius 1 is 0.863 bits per heavy atom. The van der Waals surface area contributed by atoms with Crippen LogP contribution in [-0.4, -0.2) is 58.8 Å². The zero-order chi connectivity index (χ0) is 35.3. The lowest BCUT2D eigenvalue weighted by molar-refractivity contribution is 0.0997. The topological polar surface area (TPSA) is 141 Å². The molecular weight excluding hydrogens is 648 g/mol. The molecule has 2 amide bonds. The number of benzene rings is 4. The maximum Gasteiger partial charge on any atom is 0.291 e. The molecule has 12 nitrogen and oxygen atoms in total. The highest BCUT2D eigenvalue weighted by atomic mass is 16.5. The number of hydrogen-bond acceptors (Lipinski definition) is 9. The minimum absolute atomic E-state index is 0.132. The smallest absolute Gasteiger partial charge is 0.291 e. The Morgan fingerprint density at radius 2 is 1.63 bits per heavy atom. The average Bonchev–Trinajstić information content (AvgIpc) is 3.71. The van der Waals surface area contributed by atoms with Gasteiger partial charge in [-0.05, 0) is 85.4 Å². The molecule has 1 saturated heterocycles. The van der Waals surface area contributed by atoms with Crippen LogP contribution in [0.2, 0.25) is 0 Å². The predicted octanol–water partition coefficient (Wildman–Crippen LogP) is 6.28. The highest BCUT2D eigenvalue weighted by Crippen LogP contribution is 2.35. The van der Waals surface area contributed by atoms with E-state index >= 15 is 0 Å². The number of piperidine rings is 1. The van der Waals surface area contributed by atoms with E-state index in [1.807, 2.05) is 24.3 Å². The van der Waals surface area contributed by atoms with Crippen molar-refractivity contribution in [2.45, 2.75) is 25.3 Å². The van der Waals surface area contributed by atoms with Crippen molar-refractivity contribution in [1.82, 2.24) is 19.7 Å². The zero-order valence-corrected chi connectivity index (χ0v) is 28.2. The molecule has 258 valence electrons. The molecule has 0 atom stereocenters. The molecule has 0 aliphatic carbocycles. The molecule has 2 N–H and O–H groups in total. The minimum Gasteiger partial charge on any atom is -0.493 e. The van der Waals surface area contributed by atoms with Gasteiger partial charge in [0, 0.05) is 24.4 Å². The van der Waals surface area contributed by atoms with Crippen molar-refractivity contribution in [2.24, 2.45) is 0 Å². The van der Waals surface area contributed by atoms with Crippen LogP contribution in [0.1, 0.15) is 50.8 Å². The Balaban J connectivity index is 1.01. The Kier molecular flexibility index (Phi) is 9.57. The van der Waals surface area contributed by atoms with Gasteiger partial charge in [0.2, 0.25) is 0 Å². The molecule has 1 aliphatic heterocycles. The first-order valence-electron chi connectivity index (χ1n) is 16.6. The van der Waals surface area contributed by atoms with Crippen molar-refractivity contribution in [3.8, 4) is 17.2 Å². The van der Waals surface area contributed by atoms with Crippen LogP contribution < -0.4 is 25.5 Å². The number of rotatable bonds is 10. The fraction of sp³-hybridized carbons (Fsp3) is 0.205. The normalized spacial score (nSPS) is 13.5. The summed E-state index contributed by atoms with van der Waals surface area (Å²) in [5.41, 5.74) is 4.26. The van der Waals surface area contributed by atoms with E-state index in [-0.39, 0.29) is 28.0 Å². The lowest BCUT2D eigenvalue weighted by atomic mass is 9.89. The number of fused-ring (bicyclic) bond motifs is 1. The number of para-hydroxylation sites is 1. The van der Waals surface area contributed by atoms with Crippen LogP contribution in [0, 0.1) is 0 Å². The molecule has 12 heteroatoms. The second kappa shape index (κ2) is 14.7. The number of ether oxygens (including phenoxy) is 2. The van der Waals surface area contributed by atoms with E-state index in [9.17, 15) is 14.4 Å². The second-order valence-corrected chi connectivity index (χ2v) is 12.3. The SMILES string of the molecule is COc1cc(NC(=O)c2cc(=O)c3ccccc3o2)c(C(=O)Nc2ccc(C3CCN(Cc4cccc(-n5cncn5)c4)CC3)cc2)cc1OC. The van der Waals surface area contributed by atoms with Crippen molar-refractivity contribution < 1.29 is 23.5 Å². The number of aromatic nitrogens is 3. The summed E-state index contributed by atoms with van der Waals surface area (Å²) >= 11 is 0. The Hall–Kier alpha value is -6.27. The molecule has 0 unspecified atom stereocenters. The summed E-state index contributed by atoms with van der Waals surface area (Å²) in [5, 5.41) is 10.2. The van der Waals surface area contributed by atoms with Gasteiger partial charge in [-0.25, -0.2) is 9.67 Å². The summed E-state index contributed by atoms with van der Waals surface area (Å²) in [5.74, 6) is -0.341. The van der Waals surface area contributed by atoms with Crippen LogP contribution in [0.25, 0.3) is 16.7 Å². The molecule has 4 aromatic carbocycles. The van der Waals surface area contributed by atoms with Crippen LogP contribution in [-0.2, 0) is 6.54 Å². The predicted molar refractivity (Wildman–Crippen MR) is 193 cm³/mol. The summed E-state index contributed by atoms with van der Waals surface area (Å²) in [7, 11) is 2.92. The van der Waals surface area contributed by atoms with Crippen LogP contribution in [0.3, 0.4) is 0 Å². The van der Waals surface area contributed by atoms with Crippen LogP contribution >= 0.6 is 0 Å². The molecule has 51 heavy (non-hydrogen) atoms. The molecule has 0 saturated carbocycles. The number of amides is 2. The van der Waals surface area contributed by atoms with Gasteiger partial charge in [0.05, 0.1) is 36.5 Å². The first kappa shape index (κ1) is 33.2. The van der Waals surface area contributed by atoms with E-state index in [1.165, 1.54) is 43.8 Å². The molecule has 0 bridgehead atoms. The summed E-state index contributed by atoms with van der Waals surface area (Å²) in [6.07, 6.45) is 5.29. The summed E-state index contributed by atoms with van der Waals surface area (Å²) in [6.45, 7) is 2.83. The third-order valence-electron chi connectivity index (χ3n) is 9.10.